The van der Waals surface area contributed by atoms with Crippen molar-refractivity contribution in [3.8, 4) is 0 Å². The molecular weight excluding hydrogens is 378 g/mol. The van der Waals surface area contributed by atoms with Crippen molar-refractivity contribution in [3.05, 3.63) is 35.4 Å². The van der Waals surface area contributed by atoms with Gasteiger partial charge in [0, 0.05) is 26.6 Å². The third-order valence-electron chi connectivity index (χ3n) is 4.82. The molecular formula is C17H20F2N4O5. The molecule has 0 radical (unpaired) electrons. The van der Waals surface area contributed by atoms with Crippen LogP contribution < -0.4 is 10.6 Å². The third kappa shape index (κ3) is 3.33. The number of hydrogen-bond acceptors (Lipinski definition) is 5. The van der Waals surface area contributed by atoms with Gasteiger partial charge in [0.1, 0.15) is 17.7 Å². The minimum absolute atomic E-state index is 0.00604. The molecule has 152 valence electrons. The van der Waals surface area contributed by atoms with Gasteiger partial charge in [0.2, 0.25) is 5.91 Å². The lowest BCUT2D eigenvalue weighted by Gasteiger charge is -2.50. The van der Waals surface area contributed by atoms with E-state index in [0.29, 0.717) is 0 Å². The summed E-state index contributed by atoms with van der Waals surface area (Å²) in [6, 6.07) is 3.17. The number of cyclic esters (lactones) is 1. The zero-order chi connectivity index (χ0) is 20.5. The van der Waals surface area contributed by atoms with Crippen LogP contribution in [0.5, 0.6) is 0 Å². The van der Waals surface area contributed by atoms with Gasteiger partial charge < -0.3 is 20.5 Å². The number of rotatable bonds is 4. The van der Waals surface area contributed by atoms with Crippen LogP contribution in [0, 0.1) is 11.6 Å². The monoisotopic (exact) mass is 398 g/mol. The molecule has 28 heavy (non-hydrogen) atoms. The Kier molecular flexibility index (Phi) is 5.36. The molecule has 0 saturated carbocycles. The van der Waals surface area contributed by atoms with E-state index in [-0.39, 0.29) is 38.6 Å². The summed E-state index contributed by atoms with van der Waals surface area (Å²) in [7, 11) is 0. The molecule has 11 heteroatoms. The Labute approximate surface area is 159 Å². The number of piperazine rings is 1. The highest BCUT2D eigenvalue weighted by Gasteiger charge is 2.56. The first kappa shape index (κ1) is 19.8. The summed E-state index contributed by atoms with van der Waals surface area (Å²) in [4.78, 5) is 37.5. The van der Waals surface area contributed by atoms with Gasteiger partial charge in [0.05, 0.1) is 18.7 Å². The number of amides is 3. The SMILES string of the molecule is CC(=O)NCC1CN(C2(c3c(F)cccc3F)CNCCN2C(=O)O)C(=O)O1. The Morgan fingerprint density at radius 2 is 2.07 bits per heavy atom. The fourth-order valence-electron chi connectivity index (χ4n) is 3.66. The molecule has 0 spiro atoms. The highest BCUT2D eigenvalue weighted by Crippen LogP contribution is 2.39. The molecule has 2 aliphatic rings. The van der Waals surface area contributed by atoms with Crippen LogP contribution in [0.15, 0.2) is 18.2 Å². The third-order valence-corrected chi connectivity index (χ3v) is 4.82. The molecule has 2 aliphatic heterocycles. The maximum Gasteiger partial charge on any atom is 0.412 e. The van der Waals surface area contributed by atoms with Crippen molar-refractivity contribution in [3.63, 3.8) is 0 Å². The average Bonchev–Trinajstić information content (AvgIpc) is 3.01. The van der Waals surface area contributed by atoms with Gasteiger partial charge in [-0.2, -0.15) is 0 Å². The van der Waals surface area contributed by atoms with Crippen LogP contribution in [0.2, 0.25) is 0 Å². The largest absolute Gasteiger partial charge is 0.465 e. The average molecular weight is 398 g/mol. The van der Waals surface area contributed by atoms with Gasteiger partial charge in [-0.05, 0) is 12.1 Å². The molecule has 0 aliphatic carbocycles. The van der Waals surface area contributed by atoms with Crippen molar-refractivity contribution in [1.82, 2.24) is 20.4 Å². The molecule has 3 rings (SSSR count). The van der Waals surface area contributed by atoms with Crippen molar-refractivity contribution in [2.45, 2.75) is 18.7 Å². The Bertz CT molecular complexity index is 788. The summed E-state index contributed by atoms with van der Waals surface area (Å²) in [6.45, 7) is 1.07. The van der Waals surface area contributed by atoms with Crippen LogP contribution in [0.25, 0.3) is 0 Å². The molecule has 3 N–H and O–H groups in total. The first-order valence-electron chi connectivity index (χ1n) is 8.66. The molecule has 2 fully saturated rings. The molecule has 2 saturated heterocycles. The van der Waals surface area contributed by atoms with E-state index in [0.717, 1.165) is 28.0 Å². The number of nitrogens with zero attached hydrogens (tertiary/aromatic N) is 2. The topological polar surface area (TPSA) is 111 Å². The number of ether oxygens (including phenoxy) is 1. The molecule has 9 nitrogen and oxygen atoms in total. The molecule has 2 atom stereocenters. The van der Waals surface area contributed by atoms with Crippen LogP contribution in [-0.4, -0.2) is 71.8 Å². The number of carbonyl (C=O) groups is 3. The van der Waals surface area contributed by atoms with Crippen LogP contribution >= 0.6 is 0 Å². The zero-order valence-corrected chi connectivity index (χ0v) is 15.1. The molecule has 2 unspecified atom stereocenters. The highest BCUT2D eigenvalue weighted by molar-refractivity contribution is 5.75. The zero-order valence-electron chi connectivity index (χ0n) is 15.1. The van der Waals surface area contributed by atoms with Gasteiger partial charge in [0.15, 0.2) is 5.66 Å². The maximum absolute atomic E-state index is 14.7. The fourth-order valence-corrected chi connectivity index (χ4v) is 3.66. The Morgan fingerprint density at radius 1 is 1.39 bits per heavy atom. The van der Waals surface area contributed by atoms with Crippen molar-refractivity contribution < 1.29 is 33.0 Å². The molecule has 2 heterocycles. The number of nitrogens with one attached hydrogen (secondary N) is 2. The smallest absolute Gasteiger partial charge is 0.412 e. The highest BCUT2D eigenvalue weighted by atomic mass is 19.1. The molecule has 0 bridgehead atoms. The summed E-state index contributed by atoms with van der Waals surface area (Å²) in [5.74, 6) is -2.29. The quantitative estimate of drug-likeness (QED) is 0.687. The number of hydrogen-bond donors (Lipinski definition) is 3. The Hall–Kier alpha value is -2.95. The van der Waals surface area contributed by atoms with E-state index in [1.54, 1.807) is 0 Å². The number of halogens is 2. The van der Waals surface area contributed by atoms with E-state index in [9.17, 15) is 28.3 Å². The van der Waals surface area contributed by atoms with Gasteiger partial charge in [-0.25, -0.2) is 18.4 Å². The molecule has 0 aromatic heterocycles. The van der Waals surface area contributed by atoms with Crippen LogP contribution in [0.1, 0.15) is 12.5 Å². The number of carbonyl (C=O) groups excluding carboxylic acids is 2. The molecule has 1 aromatic rings. The van der Waals surface area contributed by atoms with E-state index in [1.165, 1.54) is 6.92 Å². The predicted octanol–water partition coefficient (Wildman–Crippen LogP) is 0.658. The summed E-state index contributed by atoms with van der Waals surface area (Å²) >= 11 is 0. The lowest BCUT2D eigenvalue weighted by molar-refractivity contribution is -0.119. The lowest BCUT2D eigenvalue weighted by Crippen LogP contribution is -2.69. The molecule has 3 amide bonds. The first-order valence-corrected chi connectivity index (χ1v) is 8.66. The fraction of sp³-hybridized carbons (Fsp3) is 0.471. The van der Waals surface area contributed by atoms with E-state index in [1.807, 2.05) is 0 Å². The van der Waals surface area contributed by atoms with Crippen molar-refractivity contribution in [2.24, 2.45) is 0 Å². The van der Waals surface area contributed by atoms with E-state index in [4.69, 9.17) is 4.74 Å². The summed E-state index contributed by atoms with van der Waals surface area (Å²) in [5.41, 5.74) is -2.52. The maximum atomic E-state index is 14.7. The van der Waals surface area contributed by atoms with Crippen LogP contribution in [-0.2, 0) is 15.2 Å². The Balaban J connectivity index is 2.08. The lowest BCUT2D eigenvalue weighted by atomic mass is 9.92. The number of carboxylic acid groups (broad SMARTS) is 1. The summed E-state index contributed by atoms with van der Waals surface area (Å²) in [6.07, 6.45) is -3.14. The van der Waals surface area contributed by atoms with Crippen molar-refractivity contribution >= 4 is 18.1 Å². The van der Waals surface area contributed by atoms with Crippen LogP contribution in [0.4, 0.5) is 18.4 Å². The standard InChI is InChI=1S/C17H20F2N4O5/c1-10(24)21-7-11-8-23(16(27)28-11)17(9-20-5-6-22(17)15(25)26)14-12(18)3-2-4-13(14)19/h2-4,11,20H,5-9H2,1H3,(H,21,24)(H,25,26). The van der Waals surface area contributed by atoms with Gasteiger partial charge in [-0.1, -0.05) is 6.07 Å². The predicted molar refractivity (Wildman–Crippen MR) is 91.3 cm³/mol. The van der Waals surface area contributed by atoms with Gasteiger partial charge in [-0.3, -0.25) is 14.6 Å². The normalized spacial score (nSPS) is 24.8. The number of benzene rings is 1. The van der Waals surface area contributed by atoms with Gasteiger partial charge in [-0.15, -0.1) is 0 Å². The minimum atomic E-state index is -1.97. The second kappa shape index (κ2) is 7.58. The van der Waals surface area contributed by atoms with E-state index >= 15 is 0 Å². The second-order valence-corrected chi connectivity index (χ2v) is 6.58. The van der Waals surface area contributed by atoms with Gasteiger partial charge in [0.25, 0.3) is 0 Å². The summed E-state index contributed by atoms with van der Waals surface area (Å²) < 4.78 is 34.7. The van der Waals surface area contributed by atoms with Crippen molar-refractivity contribution in [1.29, 1.82) is 0 Å². The van der Waals surface area contributed by atoms with Crippen molar-refractivity contribution in [2.75, 3.05) is 32.7 Å². The summed E-state index contributed by atoms with van der Waals surface area (Å²) in [5, 5.41) is 15.1. The first-order chi connectivity index (χ1) is 13.3. The van der Waals surface area contributed by atoms with E-state index < -0.39 is 41.2 Å². The Morgan fingerprint density at radius 3 is 2.68 bits per heavy atom. The molecule has 1 aromatic carbocycles. The second-order valence-electron chi connectivity index (χ2n) is 6.58. The van der Waals surface area contributed by atoms with Crippen LogP contribution in [0.3, 0.4) is 0 Å². The minimum Gasteiger partial charge on any atom is -0.465 e. The van der Waals surface area contributed by atoms with Gasteiger partial charge >= 0.3 is 12.2 Å². The van der Waals surface area contributed by atoms with E-state index in [2.05, 4.69) is 10.6 Å².